The number of carbonyl (C=O) groups excluding carboxylic acids is 3. The molecule has 2 aromatic rings. The summed E-state index contributed by atoms with van der Waals surface area (Å²) in [5, 5.41) is 6.77. The third-order valence-corrected chi connectivity index (χ3v) is 10.6. The first-order chi connectivity index (χ1) is 20.7. The summed E-state index contributed by atoms with van der Waals surface area (Å²) in [7, 11) is 0. The highest BCUT2D eigenvalue weighted by Gasteiger charge is 2.72. The number of hydrogen-bond donors (Lipinski definition) is 2. The van der Waals surface area contributed by atoms with Gasteiger partial charge in [0.05, 0.1) is 17.9 Å². The van der Waals surface area contributed by atoms with Gasteiger partial charge in [-0.15, -0.1) is 0 Å². The Labute approximate surface area is 255 Å². The van der Waals surface area contributed by atoms with Crippen molar-refractivity contribution in [3.63, 3.8) is 0 Å². The first kappa shape index (κ1) is 28.2. The molecule has 9 nitrogen and oxygen atoms in total. The number of halogens is 1. The van der Waals surface area contributed by atoms with Crippen molar-refractivity contribution in [2.75, 3.05) is 12.1 Å². The third kappa shape index (κ3) is 4.59. The summed E-state index contributed by atoms with van der Waals surface area (Å²) < 4.78 is 17.5. The van der Waals surface area contributed by atoms with Crippen LogP contribution < -0.4 is 20.1 Å². The molecule has 8 atom stereocenters. The molecule has 0 radical (unpaired) electrons. The van der Waals surface area contributed by atoms with E-state index in [4.69, 9.17) is 25.8 Å². The summed E-state index contributed by atoms with van der Waals surface area (Å²) in [4.78, 5) is 44.0. The summed E-state index contributed by atoms with van der Waals surface area (Å²) in [6, 6.07) is 9.88. The van der Waals surface area contributed by atoms with Crippen molar-refractivity contribution in [1.82, 2.24) is 10.2 Å². The minimum atomic E-state index is -1.25. The number of fused-ring (bicyclic) bond motifs is 2. The maximum atomic E-state index is 14.4. The minimum absolute atomic E-state index is 0.00200. The lowest BCUT2D eigenvalue weighted by molar-refractivity contribution is -0.142. The average Bonchev–Trinajstić information content (AvgIpc) is 3.74. The van der Waals surface area contributed by atoms with Crippen LogP contribution in [0, 0.1) is 30.6 Å². The minimum Gasteiger partial charge on any atom is -0.454 e. The SMILES string of the molecule is Cc1ccc(NC(=O)[C@H]2[C@H]3C=C[C@@]4(O3)[C@H]2C(=O)N(Cc2ccc3c(c2)OCO3)[C@@H]4C(=O)N[C@@H]2CCC[C@@H](C)[C@H]2C)cc1Cl. The number of carbonyl (C=O) groups is 3. The summed E-state index contributed by atoms with van der Waals surface area (Å²) in [6.45, 7) is 6.58. The van der Waals surface area contributed by atoms with E-state index in [0.717, 1.165) is 30.4 Å². The molecule has 1 aliphatic carbocycles. The van der Waals surface area contributed by atoms with Crippen LogP contribution in [0.5, 0.6) is 11.5 Å². The number of amides is 3. The molecule has 0 unspecified atom stereocenters. The van der Waals surface area contributed by atoms with Gasteiger partial charge in [0, 0.05) is 23.3 Å². The Balaban J connectivity index is 1.21. The number of hydrogen-bond acceptors (Lipinski definition) is 6. The molecule has 1 spiro atoms. The molecule has 43 heavy (non-hydrogen) atoms. The maximum absolute atomic E-state index is 14.4. The second-order valence-electron chi connectivity index (χ2n) is 12.7. The van der Waals surface area contributed by atoms with Crippen molar-refractivity contribution in [3.8, 4) is 11.5 Å². The number of nitrogens with one attached hydrogen (secondary N) is 2. The molecule has 2 saturated heterocycles. The van der Waals surface area contributed by atoms with E-state index in [-0.39, 0.29) is 37.1 Å². The number of aryl methyl sites for hydroxylation is 1. The molecule has 2 N–H and O–H groups in total. The summed E-state index contributed by atoms with van der Waals surface area (Å²) in [5.41, 5.74) is 0.975. The van der Waals surface area contributed by atoms with E-state index in [2.05, 4.69) is 24.5 Å². The second-order valence-corrected chi connectivity index (χ2v) is 13.1. The Hall–Kier alpha value is -3.56. The van der Waals surface area contributed by atoms with Crippen molar-refractivity contribution in [2.24, 2.45) is 23.7 Å². The molecule has 0 aromatic heterocycles. The zero-order valence-corrected chi connectivity index (χ0v) is 25.2. The number of likely N-dealkylation sites (tertiary alicyclic amines) is 1. The highest BCUT2D eigenvalue weighted by atomic mass is 35.5. The van der Waals surface area contributed by atoms with Crippen LogP contribution in [0.3, 0.4) is 0 Å². The largest absolute Gasteiger partial charge is 0.454 e. The fourth-order valence-electron chi connectivity index (χ4n) is 7.62. The molecule has 5 aliphatic rings. The maximum Gasteiger partial charge on any atom is 0.246 e. The van der Waals surface area contributed by atoms with E-state index < -0.39 is 29.6 Å². The summed E-state index contributed by atoms with van der Waals surface area (Å²) >= 11 is 6.31. The molecule has 2 aromatic carbocycles. The molecule has 1 saturated carbocycles. The third-order valence-electron chi connectivity index (χ3n) is 10.2. The highest BCUT2D eigenvalue weighted by molar-refractivity contribution is 6.31. The lowest BCUT2D eigenvalue weighted by atomic mass is 9.73. The van der Waals surface area contributed by atoms with E-state index in [1.54, 1.807) is 17.0 Å². The first-order valence-corrected chi connectivity index (χ1v) is 15.5. The predicted octanol–water partition coefficient (Wildman–Crippen LogP) is 4.61. The molecule has 4 aliphatic heterocycles. The zero-order chi connectivity index (χ0) is 30.0. The first-order valence-electron chi connectivity index (χ1n) is 15.1. The number of benzene rings is 2. The Morgan fingerprint density at radius 2 is 1.88 bits per heavy atom. The van der Waals surface area contributed by atoms with E-state index in [0.29, 0.717) is 34.0 Å². The van der Waals surface area contributed by atoms with E-state index in [9.17, 15) is 14.4 Å². The highest BCUT2D eigenvalue weighted by Crippen LogP contribution is 2.55. The van der Waals surface area contributed by atoms with Gasteiger partial charge in [0.2, 0.25) is 24.5 Å². The van der Waals surface area contributed by atoms with Gasteiger partial charge in [-0.2, -0.15) is 0 Å². The van der Waals surface area contributed by atoms with Crippen molar-refractivity contribution in [2.45, 2.75) is 70.4 Å². The van der Waals surface area contributed by atoms with E-state index in [1.807, 2.05) is 43.3 Å². The van der Waals surface area contributed by atoms with Crippen LogP contribution in [-0.2, 0) is 25.7 Å². The smallest absolute Gasteiger partial charge is 0.246 e. The fourth-order valence-corrected chi connectivity index (χ4v) is 7.80. The van der Waals surface area contributed by atoms with Gasteiger partial charge in [0.25, 0.3) is 0 Å². The van der Waals surface area contributed by atoms with Gasteiger partial charge in [-0.05, 0) is 60.6 Å². The van der Waals surface area contributed by atoms with Crippen molar-refractivity contribution in [3.05, 3.63) is 64.7 Å². The lowest BCUT2D eigenvalue weighted by Crippen LogP contribution is -2.57. The molecule has 7 rings (SSSR count). The van der Waals surface area contributed by atoms with E-state index in [1.165, 1.54) is 0 Å². The monoisotopic (exact) mass is 605 g/mol. The fraction of sp³-hybridized carbons (Fsp3) is 0.485. The van der Waals surface area contributed by atoms with Crippen LogP contribution in [0.15, 0.2) is 48.6 Å². The van der Waals surface area contributed by atoms with Gasteiger partial charge in [-0.1, -0.05) is 62.6 Å². The standard InChI is InChI=1S/C33H36ClN3O6/c1-17-5-4-6-23(19(17)3)36-31(39)29-33-12-11-25(43-33)27(30(38)35-21-9-7-18(2)22(34)14-21)28(33)32(40)37(29)15-20-8-10-24-26(13-20)42-16-41-24/h7-14,17,19,23,25,27-29H,4-6,15-16H2,1-3H3,(H,35,38)(H,36,39)/t17-,19-,23-,25-,27+,28-,29-,33-/m1/s1. The summed E-state index contributed by atoms with van der Waals surface area (Å²) in [6.07, 6.45) is 6.11. The number of ether oxygens (including phenoxy) is 3. The molecular formula is C33H36ClN3O6. The average molecular weight is 606 g/mol. The van der Waals surface area contributed by atoms with Crippen LogP contribution in [0.25, 0.3) is 0 Å². The molecule has 3 amide bonds. The van der Waals surface area contributed by atoms with Gasteiger partial charge >= 0.3 is 0 Å². The number of rotatable bonds is 6. The van der Waals surface area contributed by atoms with Crippen LogP contribution >= 0.6 is 11.6 Å². The van der Waals surface area contributed by atoms with Crippen LogP contribution in [0.2, 0.25) is 5.02 Å². The van der Waals surface area contributed by atoms with Crippen molar-refractivity contribution >= 4 is 35.0 Å². The molecule has 3 fully saturated rings. The quantitative estimate of drug-likeness (QED) is 0.466. The number of nitrogens with zero attached hydrogens (tertiary/aromatic N) is 1. The van der Waals surface area contributed by atoms with Gasteiger partial charge in [0.15, 0.2) is 11.5 Å². The van der Waals surface area contributed by atoms with Gasteiger partial charge in [0.1, 0.15) is 11.6 Å². The van der Waals surface area contributed by atoms with Crippen LogP contribution in [0.4, 0.5) is 5.69 Å². The van der Waals surface area contributed by atoms with Gasteiger partial charge < -0.3 is 29.7 Å². The molecule has 4 heterocycles. The summed E-state index contributed by atoms with van der Waals surface area (Å²) in [5.74, 6) is -0.494. The number of anilines is 1. The van der Waals surface area contributed by atoms with E-state index >= 15 is 0 Å². The predicted molar refractivity (Wildman–Crippen MR) is 160 cm³/mol. The molecule has 10 heteroatoms. The Morgan fingerprint density at radius 3 is 2.70 bits per heavy atom. The van der Waals surface area contributed by atoms with Crippen molar-refractivity contribution < 1.29 is 28.6 Å². The van der Waals surface area contributed by atoms with Crippen LogP contribution in [-0.4, -0.2) is 53.2 Å². The van der Waals surface area contributed by atoms with Crippen LogP contribution in [0.1, 0.15) is 44.2 Å². The normalized spacial score (nSPS) is 33.5. The van der Waals surface area contributed by atoms with Gasteiger partial charge in [-0.3, -0.25) is 14.4 Å². The van der Waals surface area contributed by atoms with Crippen molar-refractivity contribution in [1.29, 1.82) is 0 Å². The molecule has 2 bridgehead atoms. The zero-order valence-electron chi connectivity index (χ0n) is 24.5. The Bertz CT molecular complexity index is 1530. The van der Waals surface area contributed by atoms with Gasteiger partial charge in [-0.25, -0.2) is 0 Å². The Kier molecular flexibility index (Phi) is 6.93. The second kappa shape index (κ2) is 10.6. The lowest BCUT2D eigenvalue weighted by Gasteiger charge is -2.38. The molecular weight excluding hydrogens is 570 g/mol. The topological polar surface area (TPSA) is 106 Å². The Morgan fingerprint density at radius 1 is 1.07 bits per heavy atom. The molecule has 226 valence electrons.